The smallest absolute Gasteiger partial charge is 0.261 e. The van der Waals surface area contributed by atoms with E-state index in [2.05, 4.69) is 15.3 Å². The molecule has 1 rings (SSSR count). The number of aromatic nitrogens is 2. The lowest BCUT2D eigenvalue weighted by molar-refractivity contribution is 0.0215. The third-order valence-electron chi connectivity index (χ3n) is 2.01. The molecule has 7 heteroatoms. The molecule has 0 aliphatic heterocycles. The summed E-state index contributed by atoms with van der Waals surface area (Å²) >= 11 is 5.85. The number of anilines is 1. The van der Waals surface area contributed by atoms with Crippen molar-refractivity contribution >= 4 is 17.4 Å². The molecule has 1 aromatic rings. The van der Waals surface area contributed by atoms with Crippen LogP contribution in [0, 0.1) is 0 Å². The number of halogens is 3. The van der Waals surface area contributed by atoms with Crippen molar-refractivity contribution in [1.29, 1.82) is 0 Å². The van der Waals surface area contributed by atoms with Gasteiger partial charge in [-0.3, -0.25) is 0 Å². The van der Waals surface area contributed by atoms with Crippen LogP contribution in [0.3, 0.4) is 0 Å². The van der Waals surface area contributed by atoms with Gasteiger partial charge in [-0.25, -0.2) is 18.7 Å². The van der Waals surface area contributed by atoms with Gasteiger partial charge in [0.25, 0.3) is 6.43 Å². The summed E-state index contributed by atoms with van der Waals surface area (Å²) in [7, 11) is 0. The monoisotopic (exact) mass is 279 g/mol. The first-order valence-corrected chi connectivity index (χ1v) is 6.12. The summed E-state index contributed by atoms with van der Waals surface area (Å²) in [6.07, 6.45) is -0.761. The summed E-state index contributed by atoms with van der Waals surface area (Å²) in [6, 6.07) is 1.59. The summed E-state index contributed by atoms with van der Waals surface area (Å²) in [5.41, 5.74) is 0. The first-order chi connectivity index (χ1) is 8.61. The average molecular weight is 280 g/mol. The van der Waals surface area contributed by atoms with Gasteiger partial charge in [0.05, 0.1) is 6.61 Å². The Morgan fingerprint density at radius 1 is 1.44 bits per heavy atom. The van der Waals surface area contributed by atoms with E-state index >= 15 is 0 Å². The maximum Gasteiger partial charge on any atom is 0.261 e. The number of nitrogens with zero attached hydrogens (tertiary/aromatic N) is 2. The Kier molecular flexibility index (Phi) is 6.82. The number of hydrogen-bond acceptors (Lipinski definition) is 4. The minimum absolute atomic E-state index is 0.190. The van der Waals surface area contributed by atoms with Crippen molar-refractivity contribution in [3.63, 3.8) is 0 Å². The van der Waals surface area contributed by atoms with Gasteiger partial charge < -0.3 is 10.1 Å². The number of nitrogens with one attached hydrogen (secondary N) is 1. The van der Waals surface area contributed by atoms with Gasteiger partial charge in [-0.1, -0.05) is 18.5 Å². The molecule has 0 fully saturated rings. The van der Waals surface area contributed by atoms with Gasteiger partial charge in [0.2, 0.25) is 0 Å². The van der Waals surface area contributed by atoms with Crippen molar-refractivity contribution in [3.8, 4) is 0 Å². The third-order valence-corrected chi connectivity index (χ3v) is 2.20. The lowest BCUT2D eigenvalue weighted by Crippen LogP contribution is -2.14. The Morgan fingerprint density at radius 2 is 2.22 bits per heavy atom. The highest BCUT2D eigenvalue weighted by molar-refractivity contribution is 6.29. The number of hydrogen-bond donors (Lipinski definition) is 1. The van der Waals surface area contributed by atoms with Crippen LogP contribution in [-0.2, 0) is 11.2 Å². The molecule has 0 saturated heterocycles. The van der Waals surface area contributed by atoms with Crippen molar-refractivity contribution in [2.24, 2.45) is 0 Å². The highest BCUT2D eigenvalue weighted by atomic mass is 35.5. The highest BCUT2D eigenvalue weighted by Crippen LogP contribution is 2.12. The fraction of sp³-hybridized carbons (Fsp3) is 0.636. The molecule has 0 aromatic carbocycles. The fourth-order valence-corrected chi connectivity index (χ4v) is 1.52. The van der Waals surface area contributed by atoms with Gasteiger partial charge in [0.1, 0.15) is 23.4 Å². The van der Waals surface area contributed by atoms with Crippen LogP contribution in [0.5, 0.6) is 0 Å². The van der Waals surface area contributed by atoms with Gasteiger partial charge >= 0.3 is 0 Å². The standard InChI is InChI=1S/C11H16ClF2N3O/c1-2-3-10-16-8(12)6-11(17-10)15-4-5-18-7-9(13)14/h6,9H,2-5,7H2,1H3,(H,15,16,17). The Morgan fingerprint density at radius 3 is 2.89 bits per heavy atom. The zero-order valence-corrected chi connectivity index (χ0v) is 10.9. The molecule has 0 spiro atoms. The van der Waals surface area contributed by atoms with Crippen LogP contribution in [0.2, 0.25) is 5.15 Å². The van der Waals surface area contributed by atoms with Gasteiger partial charge in [-0.2, -0.15) is 0 Å². The van der Waals surface area contributed by atoms with E-state index in [1.54, 1.807) is 6.07 Å². The lowest BCUT2D eigenvalue weighted by Gasteiger charge is -2.08. The molecular weight excluding hydrogens is 264 g/mol. The van der Waals surface area contributed by atoms with E-state index in [1.165, 1.54) is 0 Å². The molecule has 1 N–H and O–H groups in total. The van der Waals surface area contributed by atoms with E-state index in [-0.39, 0.29) is 6.61 Å². The molecule has 0 saturated carbocycles. The number of ether oxygens (including phenoxy) is 1. The fourth-order valence-electron chi connectivity index (χ4n) is 1.31. The molecule has 0 aliphatic carbocycles. The maximum atomic E-state index is 11.8. The summed E-state index contributed by atoms with van der Waals surface area (Å²) in [5, 5.41) is 3.32. The van der Waals surface area contributed by atoms with Gasteiger partial charge in [0.15, 0.2) is 0 Å². The van der Waals surface area contributed by atoms with E-state index in [0.717, 1.165) is 12.8 Å². The normalized spacial score (nSPS) is 10.9. The van der Waals surface area contributed by atoms with Crippen LogP contribution in [0.15, 0.2) is 6.07 Å². The summed E-state index contributed by atoms with van der Waals surface area (Å²) in [4.78, 5) is 8.32. The summed E-state index contributed by atoms with van der Waals surface area (Å²) in [6.45, 7) is 2.06. The molecule has 0 amide bonds. The average Bonchev–Trinajstić information content (AvgIpc) is 2.28. The zero-order chi connectivity index (χ0) is 13.4. The SMILES string of the molecule is CCCc1nc(Cl)cc(NCCOCC(F)F)n1. The second-order valence-electron chi connectivity index (χ2n) is 3.63. The molecule has 0 aliphatic rings. The van der Waals surface area contributed by atoms with Gasteiger partial charge in [-0.15, -0.1) is 0 Å². The Bertz CT molecular complexity index is 366. The second kappa shape index (κ2) is 8.16. The molecule has 1 heterocycles. The van der Waals surface area contributed by atoms with Crippen LogP contribution in [0.1, 0.15) is 19.2 Å². The first kappa shape index (κ1) is 15.0. The van der Waals surface area contributed by atoms with Crippen LogP contribution < -0.4 is 5.32 Å². The highest BCUT2D eigenvalue weighted by Gasteiger charge is 2.03. The third kappa shape index (κ3) is 6.07. The Balaban J connectivity index is 2.37. The van der Waals surface area contributed by atoms with Crippen LogP contribution >= 0.6 is 11.6 Å². The van der Waals surface area contributed by atoms with Crippen LogP contribution in [0.25, 0.3) is 0 Å². The molecule has 0 atom stereocenters. The predicted octanol–water partition coefficient (Wildman–Crippen LogP) is 2.78. The van der Waals surface area contributed by atoms with Crippen molar-refractivity contribution in [3.05, 3.63) is 17.0 Å². The van der Waals surface area contributed by atoms with E-state index in [0.29, 0.717) is 23.3 Å². The van der Waals surface area contributed by atoms with Gasteiger partial charge in [-0.05, 0) is 6.42 Å². The number of rotatable bonds is 8. The molecule has 4 nitrogen and oxygen atoms in total. The van der Waals surface area contributed by atoms with Crippen molar-refractivity contribution < 1.29 is 13.5 Å². The topological polar surface area (TPSA) is 47.0 Å². The minimum atomic E-state index is -2.44. The Labute approximate surface area is 110 Å². The number of aryl methyl sites for hydroxylation is 1. The molecular formula is C11H16ClF2N3O. The molecule has 0 unspecified atom stereocenters. The predicted molar refractivity (Wildman–Crippen MR) is 66.3 cm³/mol. The Hall–Kier alpha value is -1.01. The van der Waals surface area contributed by atoms with E-state index in [1.807, 2.05) is 6.92 Å². The number of alkyl halides is 2. The molecule has 0 radical (unpaired) electrons. The van der Waals surface area contributed by atoms with E-state index in [9.17, 15) is 8.78 Å². The molecule has 0 bridgehead atoms. The van der Waals surface area contributed by atoms with E-state index < -0.39 is 13.0 Å². The maximum absolute atomic E-state index is 11.8. The van der Waals surface area contributed by atoms with Crippen molar-refractivity contribution in [2.45, 2.75) is 26.2 Å². The van der Waals surface area contributed by atoms with Crippen LogP contribution in [0.4, 0.5) is 14.6 Å². The second-order valence-corrected chi connectivity index (χ2v) is 4.02. The summed E-state index contributed by atoms with van der Waals surface area (Å²) < 4.78 is 28.3. The molecule has 18 heavy (non-hydrogen) atoms. The molecule has 1 aromatic heterocycles. The largest absolute Gasteiger partial charge is 0.374 e. The van der Waals surface area contributed by atoms with E-state index in [4.69, 9.17) is 16.3 Å². The molecule has 102 valence electrons. The lowest BCUT2D eigenvalue weighted by atomic mass is 10.3. The minimum Gasteiger partial charge on any atom is -0.374 e. The van der Waals surface area contributed by atoms with Crippen molar-refractivity contribution in [1.82, 2.24) is 9.97 Å². The quantitative estimate of drug-likeness (QED) is 0.587. The first-order valence-electron chi connectivity index (χ1n) is 5.75. The van der Waals surface area contributed by atoms with Crippen LogP contribution in [-0.4, -0.2) is 36.2 Å². The summed E-state index contributed by atoms with van der Waals surface area (Å²) in [5.74, 6) is 1.25. The van der Waals surface area contributed by atoms with Crippen molar-refractivity contribution in [2.75, 3.05) is 25.1 Å². The zero-order valence-electron chi connectivity index (χ0n) is 10.1. The van der Waals surface area contributed by atoms with Gasteiger partial charge in [0, 0.05) is 19.0 Å².